The van der Waals surface area contributed by atoms with Crippen LogP contribution in [0.5, 0.6) is 5.75 Å². The summed E-state index contributed by atoms with van der Waals surface area (Å²) < 4.78 is 5.14. The zero-order chi connectivity index (χ0) is 13.7. The van der Waals surface area contributed by atoms with Gasteiger partial charge in [0, 0.05) is 11.3 Å². The number of ether oxygens (including phenoxy) is 1. The van der Waals surface area contributed by atoms with E-state index in [2.05, 4.69) is 5.32 Å². The van der Waals surface area contributed by atoms with Crippen LogP contribution in [0.1, 0.15) is 15.9 Å². The number of amides is 1. The van der Waals surface area contributed by atoms with Gasteiger partial charge in [-0.2, -0.15) is 0 Å². The quantitative estimate of drug-likeness (QED) is 0.855. The molecule has 0 atom stereocenters. The summed E-state index contributed by atoms with van der Waals surface area (Å²) in [6, 6.07) is 13.7. The Morgan fingerprint density at radius 3 is 2.53 bits per heavy atom. The van der Waals surface area contributed by atoms with Gasteiger partial charge < -0.3 is 4.74 Å². The van der Waals surface area contributed by atoms with Crippen LogP contribution in [0.25, 0.3) is 0 Å². The molecule has 2 aromatic rings. The van der Waals surface area contributed by atoms with Crippen LogP contribution in [0, 0.1) is 6.92 Å². The van der Waals surface area contributed by atoms with Crippen LogP contribution in [0.4, 0.5) is 10.5 Å². The molecule has 4 heteroatoms. The molecule has 2 aromatic carbocycles. The number of hydrogen-bond acceptors (Lipinski definition) is 3. The largest absolute Gasteiger partial charge is 0.417 e. The van der Waals surface area contributed by atoms with Gasteiger partial charge >= 0.3 is 6.09 Å². The molecule has 19 heavy (non-hydrogen) atoms. The highest BCUT2D eigenvalue weighted by molar-refractivity contribution is 5.87. The van der Waals surface area contributed by atoms with E-state index in [1.807, 2.05) is 19.1 Å². The first-order chi connectivity index (χ1) is 9.17. The lowest BCUT2D eigenvalue weighted by Gasteiger charge is -2.07. The first-order valence-electron chi connectivity index (χ1n) is 5.78. The monoisotopic (exact) mass is 255 g/mol. The molecule has 0 bridgehead atoms. The molecule has 0 spiro atoms. The van der Waals surface area contributed by atoms with Crippen molar-refractivity contribution in [1.82, 2.24) is 0 Å². The number of aldehydes is 1. The topological polar surface area (TPSA) is 55.4 Å². The lowest BCUT2D eigenvalue weighted by molar-refractivity contribution is 0.112. The van der Waals surface area contributed by atoms with E-state index in [1.165, 1.54) is 0 Å². The minimum atomic E-state index is -0.565. The van der Waals surface area contributed by atoms with Gasteiger partial charge in [-0.15, -0.1) is 0 Å². The molecule has 0 saturated heterocycles. The molecule has 0 unspecified atom stereocenters. The molecule has 0 aromatic heterocycles. The van der Waals surface area contributed by atoms with Crippen LogP contribution in [0.3, 0.4) is 0 Å². The molecule has 0 aliphatic rings. The Balaban J connectivity index is 1.98. The third kappa shape index (κ3) is 3.67. The number of anilines is 1. The van der Waals surface area contributed by atoms with Crippen molar-refractivity contribution in [2.45, 2.75) is 6.92 Å². The van der Waals surface area contributed by atoms with Crippen LogP contribution in [0.2, 0.25) is 0 Å². The van der Waals surface area contributed by atoms with E-state index in [1.54, 1.807) is 36.4 Å². The Morgan fingerprint density at radius 2 is 1.89 bits per heavy atom. The van der Waals surface area contributed by atoms with Gasteiger partial charge in [-0.1, -0.05) is 12.1 Å². The van der Waals surface area contributed by atoms with Gasteiger partial charge in [0.2, 0.25) is 0 Å². The van der Waals surface area contributed by atoms with Gasteiger partial charge in [0.1, 0.15) is 12.0 Å². The second kappa shape index (κ2) is 5.82. The van der Waals surface area contributed by atoms with Crippen molar-refractivity contribution in [3.05, 3.63) is 59.7 Å². The number of nitrogens with one attached hydrogen (secondary N) is 1. The van der Waals surface area contributed by atoms with Gasteiger partial charge in [0.25, 0.3) is 0 Å². The first-order valence-corrected chi connectivity index (χ1v) is 5.78. The highest BCUT2D eigenvalue weighted by Crippen LogP contribution is 2.14. The molecule has 1 N–H and O–H groups in total. The number of hydrogen-bond donors (Lipinski definition) is 1. The third-order valence-corrected chi connectivity index (χ3v) is 2.49. The zero-order valence-electron chi connectivity index (χ0n) is 10.4. The average Bonchev–Trinajstić information content (AvgIpc) is 2.39. The Kier molecular flexibility index (Phi) is 3.93. The Bertz CT molecular complexity index is 591. The van der Waals surface area contributed by atoms with Crippen molar-refractivity contribution in [3.63, 3.8) is 0 Å². The van der Waals surface area contributed by atoms with Gasteiger partial charge in [-0.3, -0.25) is 10.1 Å². The summed E-state index contributed by atoms with van der Waals surface area (Å²) in [5.74, 6) is 0.488. The fourth-order valence-corrected chi connectivity index (χ4v) is 1.57. The van der Waals surface area contributed by atoms with Gasteiger partial charge in [-0.05, 0) is 48.9 Å². The second-order valence-corrected chi connectivity index (χ2v) is 4.07. The summed E-state index contributed by atoms with van der Waals surface area (Å²) in [5.41, 5.74) is 2.14. The molecular formula is C15H13NO3. The third-order valence-electron chi connectivity index (χ3n) is 2.49. The Hall–Kier alpha value is -2.62. The molecule has 0 aliphatic carbocycles. The van der Waals surface area contributed by atoms with Gasteiger partial charge in [0.15, 0.2) is 0 Å². The number of aryl methyl sites for hydroxylation is 1. The molecule has 0 aliphatic heterocycles. The van der Waals surface area contributed by atoms with Crippen molar-refractivity contribution in [2.75, 3.05) is 5.32 Å². The number of benzene rings is 2. The molecule has 4 nitrogen and oxygen atoms in total. The number of rotatable bonds is 3. The predicted molar refractivity (Wildman–Crippen MR) is 72.7 cm³/mol. The van der Waals surface area contributed by atoms with E-state index >= 15 is 0 Å². The minimum Gasteiger partial charge on any atom is -0.410 e. The van der Waals surface area contributed by atoms with E-state index in [9.17, 15) is 9.59 Å². The van der Waals surface area contributed by atoms with Crippen molar-refractivity contribution in [3.8, 4) is 5.75 Å². The first kappa shape index (κ1) is 12.8. The summed E-state index contributed by atoms with van der Waals surface area (Å²) in [7, 11) is 0. The Labute approximate surface area is 111 Å². The van der Waals surface area contributed by atoms with E-state index in [-0.39, 0.29) is 0 Å². The van der Waals surface area contributed by atoms with Crippen molar-refractivity contribution >= 4 is 18.1 Å². The highest BCUT2D eigenvalue weighted by atomic mass is 16.6. The SMILES string of the molecule is Cc1cccc(OC(=O)Nc2ccc(C=O)cc2)c1. The van der Waals surface area contributed by atoms with Gasteiger partial charge in [0.05, 0.1) is 0 Å². The lowest BCUT2D eigenvalue weighted by atomic mass is 10.2. The van der Waals surface area contributed by atoms with Crippen LogP contribution in [0.15, 0.2) is 48.5 Å². The fourth-order valence-electron chi connectivity index (χ4n) is 1.57. The standard InChI is InChI=1S/C15H13NO3/c1-11-3-2-4-14(9-11)19-15(18)16-13-7-5-12(10-17)6-8-13/h2-10H,1H3,(H,16,18). The number of carbonyl (C=O) groups is 2. The maximum Gasteiger partial charge on any atom is 0.417 e. The molecule has 0 saturated carbocycles. The van der Waals surface area contributed by atoms with Crippen molar-refractivity contribution in [1.29, 1.82) is 0 Å². The Morgan fingerprint density at radius 1 is 1.16 bits per heavy atom. The van der Waals surface area contributed by atoms with Gasteiger partial charge in [-0.25, -0.2) is 4.79 Å². The van der Waals surface area contributed by atoms with E-state index < -0.39 is 6.09 Å². The summed E-state index contributed by atoms with van der Waals surface area (Å²) in [6.45, 7) is 1.92. The smallest absolute Gasteiger partial charge is 0.410 e. The maximum absolute atomic E-state index is 11.6. The van der Waals surface area contributed by atoms with Crippen LogP contribution in [-0.2, 0) is 0 Å². The normalized spacial score (nSPS) is 9.74. The van der Waals surface area contributed by atoms with Crippen LogP contribution >= 0.6 is 0 Å². The van der Waals surface area contributed by atoms with Crippen molar-refractivity contribution < 1.29 is 14.3 Å². The van der Waals surface area contributed by atoms with Crippen LogP contribution < -0.4 is 10.1 Å². The minimum absolute atomic E-state index is 0.488. The van der Waals surface area contributed by atoms with Crippen molar-refractivity contribution in [2.24, 2.45) is 0 Å². The van der Waals surface area contributed by atoms with E-state index in [4.69, 9.17) is 4.74 Å². The summed E-state index contributed by atoms with van der Waals surface area (Å²) in [5, 5.41) is 2.58. The maximum atomic E-state index is 11.6. The van der Waals surface area contributed by atoms with E-state index in [0.29, 0.717) is 17.0 Å². The molecule has 0 radical (unpaired) electrons. The molecule has 0 heterocycles. The summed E-state index contributed by atoms with van der Waals surface area (Å²) in [4.78, 5) is 22.1. The number of carbonyl (C=O) groups excluding carboxylic acids is 2. The zero-order valence-corrected chi connectivity index (χ0v) is 10.4. The highest BCUT2D eigenvalue weighted by Gasteiger charge is 2.05. The lowest BCUT2D eigenvalue weighted by Crippen LogP contribution is -2.16. The van der Waals surface area contributed by atoms with E-state index in [0.717, 1.165) is 11.8 Å². The molecule has 2 rings (SSSR count). The molecule has 0 fully saturated rings. The van der Waals surface area contributed by atoms with Crippen LogP contribution in [-0.4, -0.2) is 12.4 Å². The predicted octanol–water partition coefficient (Wildman–Crippen LogP) is 3.42. The second-order valence-electron chi connectivity index (χ2n) is 4.07. The molecular weight excluding hydrogens is 242 g/mol. The fraction of sp³-hybridized carbons (Fsp3) is 0.0667. The molecule has 1 amide bonds. The summed E-state index contributed by atoms with van der Waals surface area (Å²) in [6.07, 6.45) is 0.180. The average molecular weight is 255 g/mol. The molecule has 96 valence electrons. The summed E-state index contributed by atoms with van der Waals surface area (Å²) >= 11 is 0.